The van der Waals surface area contributed by atoms with Gasteiger partial charge in [0.2, 0.25) is 0 Å². The van der Waals surface area contributed by atoms with E-state index in [1.165, 1.54) is 6.07 Å². The van der Waals surface area contributed by atoms with Crippen LogP contribution in [0.25, 0.3) is 0 Å². The maximum atomic E-state index is 12.9. The van der Waals surface area contributed by atoms with Gasteiger partial charge in [0.25, 0.3) is 0 Å². The molecule has 1 aromatic heterocycles. The molecule has 1 aliphatic heterocycles. The molecule has 2 heterocycles. The van der Waals surface area contributed by atoms with Crippen LogP contribution in [0.4, 0.5) is 13.2 Å². The number of nitrogens with zero attached hydrogens (tertiary/aromatic N) is 2. The second-order valence-electron chi connectivity index (χ2n) is 5.89. The van der Waals surface area contributed by atoms with E-state index in [2.05, 4.69) is 5.16 Å². The summed E-state index contributed by atoms with van der Waals surface area (Å²) in [4.78, 5) is 1.92. The number of likely N-dealkylation sites (tertiary alicyclic amines) is 1. The van der Waals surface area contributed by atoms with Gasteiger partial charge in [-0.05, 0) is 31.0 Å². The molecule has 2 aromatic rings. The summed E-state index contributed by atoms with van der Waals surface area (Å²) < 4.78 is 43.8. The van der Waals surface area contributed by atoms with Crippen LogP contribution >= 0.6 is 0 Å². The van der Waals surface area contributed by atoms with Crippen molar-refractivity contribution >= 4 is 0 Å². The van der Waals surface area contributed by atoms with Crippen molar-refractivity contribution in [1.82, 2.24) is 10.1 Å². The highest BCUT2D eigenvalue weighted by atomic mass is 19.4. The van der Waals surface area contributed by atoms with Crippen molar-refractivity contribution in [2.24, 2.45) is 0 Å². The zero-order chi connectivity index (χ0) is 16.6. The van der Waals surface area contributed by atoms with Gasteiger partial charge in [0, 0.05) is 18.7 Å². The lowest BCUT2D eigenvalue weighted by Gasteiger charge is -2.23. The van der Waals surface area contributed by atoms with Crippen LogP contribution in [-0.2, 0) is 12.7 Å². The molecule has 0 saturated carbocycles. The molecule has 0 spiro atoms. The number of aromatic nitrogens is 1. The average Bonchev–Trinajstić information content (AvgIpc) is 3.04. The minimum absolute atomic E-state index is 0.280. The summed E-state index contributed by atoms with van der Waals surface area (Å²) in [5, 5.41) is 13.7. The van der Waals surface area contributed by atoms with Crippen molar-refractivity contribution < 1.29 is 22.8 Å². The Balaban J connectivity index is 1.84. The Kier molecular flexibility index (Phi) is 4.16. The van der Waals surface area contributed by atoms with Crippen LogP contribution in [0.15, 0.2) is 34.9 Å². The number of halogens is 3. The first kappa shape index (κ1) is 16.0. The lowest BCUT2D eigenvalue weighted by Crippen LogP contribution is -2.24. The monoisotopic (exact) mass is 326 g/mol. The van der Waals surface area contributed by atoms with Crippen LogP contribution in [0, 0.1) is 6.92 Å². The Hall–Kier alpha value is -1.86. The maximum absolute atomic E-state index is 12.9. The summed E-state index contributed by atoms with van der Waals surface area (Å²) in [6.07, 6.45) is -4.55. The molecule has 4 nitrogen and oxygen atoms in total. The van der Waals surface area contributed by atoms with Gasteiger partial charge in [-0.2, -0.15) is 13.2 Å². The fraction of sp³-hybridized carbons (Fsp3) is 0.438. The van der Waals surface area contributed by atoms with E-state index in [4.69, 9.17) is 4.52 Å². The topological polar surface area (TPSA) is 49.5 Å². The summed E-state index contributed by atoms with van der Waals surface area (Å²) in [6.45, 7) is 2.59. The minimum atomic E-state index is -4.37. The molecule has 7 heteroatoms. The van der Waals surface area contributed by atoms with Gasteiger partial charge in [-0.25, -0.2) is 0 Å². The van der Waals surface area contributed by atoms with Gasteiger partial charge in [-0.1, -0.05) is 17.3 Å². The first-order chi connectivity index (χ1) is 10.8. The Bertz CT molecular complexity index is 684. The van der Waals surface area contributed by atoms with Crippen molar-refractivity contribution in [1.29, 1.82) is 0 Å². The zero-order valence-corrected chi connectivity index (χ0v) is 12.5. The second-order valence-corrected chi connectivity index (χ2v) is 5.89. The Morgan fingerprint density at radius 3 is 2.78 bits per heavy atom. The third-order valence-electron chi connectivity index (χ3n) is 4.02. The van der Waals surface area contributed by atoms with Crippen molar-refractivity contribution in [3.8, 4) is 0 Å². The van der Waals surface area contributed by atoms with Gasteiger partial charge in [-0.3, -0.25) is 4.90 Å². The van der Waals surface area contributed by atoms with Crippen LogP contribution in [0.3, 0.4) is 0 Å². The van der Waals surface area contributed by atoms with Gasteiger partial charge >= 0.3 is 6.18 Å². The molecular formula is C16H17F3N2O2. The first-order valence-corrected chi connectivity index (χ1v) is 7.34. The molecule has 124 valence electrons. The second kappa shape index (κ2) is 5.98. The number of hydrogen-bond acceptors (Lipinski definition) is 4. The molecule has 0 aliphatic carbocycles. The van der Waals surface area contributed by atoms with Gasteiger partial charge in [-0.15, -0.1) is 0 Å². The number of aliphatic hydroxyl groups is 1. The molecule has 3 rings (SSSR count). The van der Waals surface area contributed by atoms with E-state index >= 15 is 0 Å². The highest BCUT2D eigenvalue weighted by Crippen LogP contribution is 2.36. The fourth-order valence-electron chi connectivity index (χ4n) is 3.01. The van der Waals surface area contributed by atoms with Crippen molar-refractivity contribution in [2.75, 3.05) is 6.54 Å². The lowest BCUT2D eigenvalue weighted by molar-refractivity contribution is -0.137. The molecule has 1 saturated heterocycles. The number of aryl methyl sites for hydroxylation is 1. The predicted octanol–water partition coefficient (Wildman–Crippen LogP) is 3.31. The number of alkyl halides is 3. The SMILES string of the molecule is Cc1cc(CN2C[C@@H](O)C[C@@H]2c2cccc(C(F)(F)F)c2)on1. The smallest absolute Gasteiger partial charge is 0.392 e. The summed E-state index contributed by atoms with van der Waals surface area (Å²) in [5.74, 6) is 0.633. The number of hydrogen-bond donors (Lipinski definition) is 1. The van der Waals surface area contributed by atoms with E-state index in [9.17, 15) is 18.3 Å². The average molecular weight is 326 g/mol. The third kappa shape index (κ3) is 3.56. The van der Waals surface area contributed by atoms with Crippen LogP contribution in [0.1, 0.15) is 35.0 Å². The van der Waals surface area contributed by atoms with E-state index in [0.717, 1.165) is 17.8 Å². The fourth-order valence-corrected chi connectivity index (χ4v) is 3.01. The molecule has 1 fully saturated rings. The van der Waals surface area contributed by atoms with Crippen LogP contribution in [-0.4, -0.2) is 27.8 Å². The standard InChI is InChI=1S/C16H17F3N2O2/c1-10-5-14(23-20-10)9-21-8-13(22)7-15(21)11-3-2-4-12(6-11)16(17,18)19/h2-6,13,15,22H,7-9H2,1H3/t13-,15+/m0/s1. The van der Waals surface area contributed by atoms with E-state index in [-0.39, 0.29) is 6.04 Å². The van der Waals surface area contributed by atoms with E-state index in [1.807, 2.05) is 4.90 Å². The van der Waals surface area contributed by atoms with Crippen LogP contribution in [0.2, 0.25) is 0 Å². The zero-order valence-electron chi connectivity index (χ0n) is 12.5. The first-order valence-electron chi connectivity index (χ1n) is 7.34. The van der Waals surface area contributed by atoms with E-state index < -0.39 is 17.8 Å². The molecule has 1 aromatic carbocycles. The Morgan fingerprint density at radius 2 is 2.13 bits per heavy atom. The van der Waals surface area contributed by atoms with Crippen molar-refractivity contribution in [3.63, 3.8) is 0 Å². The van der Waals surface area contributed by atoms with Gasteiger partial charge in [0.15, 0.2) is 5.76 Å². The number of β-amino-alcohol motifs (C(OH)–C–C–N with tert-alkyl or cyclic N) is 1. The third-order valence-corrected chi connectivity index (χ3v) is 4.02. The van der Waals surface area contributed by atoms with Gasteiger partial charge < -0.3 is 9.63 Å². The summed E-state index contributed by atoms with van der Waals surface area (Å²) in [7, 11) is 0. The van der Waals surface area contributed by atoms with Gasteiger partial charge in [0.1, 0.15) is 0 Å². The van der Waals surface area contributed by atoms with Gasteiger partial charge in [0.05, 0.1) is 23.9 Å². The Labute approximate surface area is 131 Å². The number of benzene rings is 1. The molecule has 2 atom stereocenters. The molecule has 1 N–H and O–H groups in total. The molecule has 23 heavy (non-hydrogen) atoms. The number of aliphatic hydroxyl groups excluding tert-OH is 1. The lowest BCUT2D eigenvalue weighted by atomic mass is 10.0. The summed E-state index contributed by atoms with van der Waals surface area (Å²) >= 11 is 0. The summed E-state index contributed by atoms with van der Waals surface area (Å²) in [6, 6.07) is 6.78. The molecule has 1 aliphatic rings. The van der Waals surface area contributed by atoms with Crippen molar-refractivity contribution in [2.45, 2.75) is 38.2 Å². The molecule has 0 amide bonds. The van der Waals surface area contributed by atoms with E-state index in [1.54, 1.807) is 19.1 Å². The number of rotatable bonds is 3. The van der Waals surface area contributed by atoms with Crippen LogP contribution in [0.5, 0.6) is 0 Å². The van der Waals surface area contributed by atoms with E-state index in [0.29, 0.717) is 30.8 Å². The highest BCUT2D eigenvalue weighted by Gasteiger charge is 2.35. The van der Waals surface area contributed by atoms with Crippen molar-refractivity contribution in [3.05, 3.63) is 52.9 Å². The largest absolute Gasteiger partial charge is 0.416 e. The quantitative estimate of drug-likeness (QED) is 0.940. The predicted molar refractivity (Wildman–Crippen MR) is 76.5 cm³/mol. The maximum Gasteiger partial charge on any atom is 0.416 e. The molecular weight excluding hydrogens is 309 g/mol. The highest BCUT2D eigenvalue weighted by molar-refractivity contribution is 5.29. The molecule has 0 bridgehead atoms. The summed E-state index contributed by atoms with van der Waals surface area (Å²) in [5.41, 5.74) is 0.620. The molecule has 0 radical (unpaired) electrons. The molecule has 0 unspecified atom stereocenters. The minimum Gasteiger partial charge on any atom is -0.392 e. The Morgan fingerprint density at radius 1 is 1.35 bits per heavy atom. The van der Waals surface area contributed by atoms with Crippen LogP contribution < -0.4 is 0 Å². The normalized spacial score (nSPS) is 22.7.